The van der Waals surface area contributed by atoms with Gasteiger partial charge in [0.25, 0.3) is 5.91 Å². The van der Waals surface area contributed by atoms with E-state index in [2.05, 4.69) is 10.3 Å². The van der Waals surface area contributed by atoms with Gasteiger partial charge in [-0.25, -0.2) is 9.18 Å². The Bertz CT molecular complexity index is 767. The Labute approximate surface area is 138 Å². The summed E-state index contributed by atoms with van der Waals surface area (Å²) in [7, 11) is 0. The number of halogens is 1. The molecule has 2 amide bonds. The van der Waals surface area contributed by atoms with Crippen molar-refractivity contribution in [3.05, 3.63) is 54.1 Å². The molecule has 1 aliphatic heterocycles. The normalized spacial score (nSPS) is 16.8. The average molecular weight is 329 g/mol. The van der Waals surface area contributed by atoms with Crippen molar-refractivity contribution in [3.8, 4) is 0 Å². The van der Waals surface area contributed by atoms with Crippen LogP contribution in [0.1, 0.15) is 23.7 Å². The lowest BCUT2D eigenvalue weighted by Crippen LogP contribution is -2.25. The van der Waals surface area contributed by atoms with Gasteiger partial charge in [-0.05, 0) is 36.8 Å². The van der Waals surface area contributed by atoms with Crippen molar-refractivity contribution >= 4 is 23.4 Å². The maximum atomic E-state index is 14.3. The summed E-state index contributed by atoms with van der Waals surface area (Å²) >= 11 is 0. The van der Waals surface area contributed by atoms with Crippen LogP contribution in [0.3, 0.4) is 0 Å². The summed E-state index contributed by atoms with van der Waals surface area (Å²) in [6, 6.07) is 7.36. The van der Waals surface area contributed by atoms with E-state index in [4.69, 9.17) is 4.74 Å². The van der Waals surface area contributed by atoms with Gasteiger partial charge in [-0.3, -0.25) is 14.7 Å². The molecule has 0 radical (unpaired) electrons. The first-order chi connectivity index (χ1) is 11.6. The highest BCUT2D eigenvalue weighted by atomic mass is 19.1. The highest BCUT2D eigenvalue weighted by molar-refractivity contribution is 6.04. The van der Waals surface area contributed by atoms with Gasteiger partial charge in [0.2, 0.25) is 0 Å². The lowest BCUT2D eigenvalue weighted by Gasteiger charge is -2.14. The van der Waals surface area contributed by atoms with Crippen LogP contribution in [-0.4, -0.2) is 29.6 Å². The number of hydrogen-bond donors (Lipinski definition) is 1. The standard InChI is InChI=1S/C17H16FN3O3/c1-2-13-10-21(17(23)24-13)12-5-6-14(15(18)8-12)16(22)20-11-4-3-7-19-9-11/h3-9,13H,2,10H2,1H3,(H,20,22)/t13-/m0/s1. The van der Waals surface area contributed by atoms with Gasteiger partial charge in [-0.1, -0.05) is 6.92 Å². The van der Waals surface area contributed by atoms with Crippen molar-refractivity contribution in [2.24, 2.45) is 0 Å². The fourth-order valence-electron chi connectivity index (χ4n) is 2.44. The van der Waals surface area contributed by atoms with Gasteiger partial charge in [0, 0.05) is 6.20 Å². The number of anilines is 2. The predicted octanol–water partition coefficient (Wildman–Crippen LogP) is 3.21. The number of nitrogens with one attached hydrogen (secondary N) is 1. The third-order valence-corrected chi connectivity index (χ3v) is 3.76. The van der Waals surface area contributed by atoms with Crippen LogP contribution in [-0.2, 0) is 4.74 Å². The van der Waals surface area contributed by atoms with E-state index in [0.717, 1.165) is 6.07 Å². The van der Waals surface area contributed by atoms with E-state index >= 15 is 0 Å². The highest BCUT2D eigenvalue weighted by Crippen LogP contribution is 2.25. The van der Waals surface area contributed by atoms with Crippen molar-refractivity contribution in [1.29, 1.82) is 0 Å². The quantitative estimate of drug-likeness (QED) is 0.935. The predicted molar refractivity (Wildman–Crippen MR) is 86.5 cm³/mol. The Hall–Kier alpha value is -2.96. The summed E-state index contributed by atoms with van der Waals surface area (Å²) in [5.74, 6) is -1.29. The third-order valence-electron chi connectivity index (χ3n) is 3.76. The fourth-order valence-corrected chi connectivity index (χ4v) is 2.44. The van der Waals surface area contributed by atoms with Crippen molar-refractivity contribution in [2.75, 3.05) is 16.8 Å². The number of hydrogen-bond acceptors (Lipinski definition) is 4. The van der Waals surface area contributed by atoms with E-state index in [9.17, 15) is 14.0 Å². The second-order valence-corrected chi connectivity index (χ2v) is 5.38. The molecule has 1 atom stereocenters. The summed E-state index contributed by atoms with van der Waals surface area (Å²) < 4.78 is 19.5. The number of cyclic esters (lactones) is 1. The van der Waals surface area contributed by atoms with Gasteiger partial charge in [-0.2, -0.15) is 0 Å². The summed E-state index contributed by atoms with van der Waals surface area (Å²) in [5, 5.41) is 2.57. The minimum atomic E-state index is -0.707. The van der Waals surface area contributed by atoms with Crippen LogP contribution in [0.5, 0.6) is 0 Å². The average Bonchev–Trinajstić information content (AvgIpc) is 2.96. The maximum absolute atomic E-state index is 14.3. The Morgan fingerprint density at radius 2 is 2.29 bits per heavy atom. The van der Waals surface area contributed by atoms with Gasteiger partial charge in [0.15, 0.2) is 0 Å². The van der Waals surface area contributed by atoms with Crippen LogP contribution in [0.15, 0.2) is 42.7 Å². The molecule has 1 fully saturated rings. The molecule has 0 bridgehead atoms. The van der Waals surface area contributed by atoms with E-state index in [1.807, 2.05) is 6.92 Å². The van der Waals surface area contributed by atoms with Crippen molar-refractivity contribution in [1.82, 2.24) is 4.98 Å². The molecule has 0 aliphatic carbocycles. The SMILES string of the molecule is CC[C@H]1CN(c2ccc(C(=O)Nc3cccnc3)c(F)c2)C(=O)O1. The molecule has 0 spiro atoms. The van der Waals surface area contributed by atoms with Crippen molar-refractivity contribution in [3.63, 3.8) is 0 Å². The van der Waals surface area contributed by atoms with Gasteiger partial charge in [0.1, 0.15) is 11.9 Å². The molecule has 6 nitrogen and oxygen atoms in total. The second kappa shape index (κ2) is 6.66. The Morgan fingerprint density at radius 1 is 1.46 bits per heavy atom. The Kier molecular flexibility index (Phi) is 4.41. The van der Waals surface area contributed by atoms with Crippen LogP contribution >= 0.6 is 0 Å². The largest absolute Gasteiger partial charge is 0.444 e. The first kappa shape index (κ1) is 15.9. The van der Waals surface area contributed by atoms with E-state index in [1.165, 1.54) is 23.2 Å². The second-order valence-electron chi connectivity index (χ2n) is 5.38. The van der Waals surface area contributed by atoms with Crippen LogP contribution in [0.4, 0.5) is 20.6 Å². The molecule has 1 aromatic carbocycles. The van der Waals surface area contributed by atoms with Crippen LogP contribution in [0.2, 0.25) is 0 Å². The minimum absolute atomic E-state index is 0.109. The zero-order chi connectivity index (χ0) is 17.1. The highest BCUT2D eigenvalue weighted by Gasteiger charge is 2.31. The smallest absolute Gasteiger partial charge is 0.414 e. The molecule has 0 unspecified atom stereocenters. The zero-order valence-corrected chi connectivity index (χ0v) is 13.0. The molecule has 1 saturated heterocycles. The molecule has 7 heteroatoms. The lowest BCUT2D eigenvalue weighted by atomic mass is 10.1. The van der Waals surface area contributed by atoms with Crippen LogP contribution in [0, 0.1) is 5.82 Å². The van der Waals surface area contributed by atoms with Gasteiger partial charge in [-0.15, -0.1) is 0 Å². The third kappa shape index (κ3) is 3.19. The number of pyridine rings is 1. The molecular formula is C17H16FN3O3. The van der Waals surface area contributed by atoms with Crippen LogP contribution in [0.25, 0.3) is 0 Å². The summed E-state index contributed by atoms with van der Waals surface area (Å²) in [6.45, 7) is 2.28. The van der Waals surface area contributed by atoms with E-state index < -0.39 is 17.8 Å². The van der Waals surface area contributed by atoms with Crippen molar-refractivity contribution in [2.45, 2.75) is 19.4 Å². The van der Waals surface area contributed by atoms with E-state index in [0.29, 0.717) is 24.3 Å². The molecule has 2 heterocycles. The molecule has 0 saturated carbocycles. The Morgan fingerprint density at radius 3 is 2.92 bits per heavy atom. The number of benzene rings is 1. The summed E-state index contributed by atoms with van der Waals surface area (Å²) in [5.41, 5.74) is 0.730. The molecule has 124 valence electrons. The monoisotopic (exact) mass is 329 g/mol. The number of amides is 2. The number of carbonyl (C=O) groups is 2. The van der Waals surface area contributed by atoms with Crippen molar-refractivity contribution < 1.29 is 18.7 Å². The molecule has 24 heavy (non-hydrogen) atoms. The van der Waals surface area contributed by atoms with Crippen LogP contribution < -0.4 is 10.2 Å². The topological polar surface area (TPSA) is 71.5 Å². The fraction of sp³-hybridized carbons (Fsp3) is 0.235. The number of carbonyl (C=O) groups excluding carboxylic acids is 2. The molecular weight excluding hydrogens is 313 g/mol. The first-order valence-electron chi connectivity index (χ1n) is 7.57. The molecule has 1 aliphatic rings. The van der Waals surface area contributed by atoms with Gasteiger partial charge >= 0.3 is 6.09 Å². The number of nitrogens with zero attached hydrogens (tertiary/aromatic N) is 2. The Balaban J connectivity index is 1.78. The van der Waals surface area contributed by atoms with Gasteiger partial charge < -0.3 is 10.1 Å². The number of rotatable bonds is 4. The molecule has 1 aromatic heterocycles. The molecule has 2 aromatic rings. The van der Waals surface area contributed by atoms with E-state index in [-0.39, 0.29) is 11.7 Å². The maximum Gasteiger partial charge on any atom is 0.414 e. The molecule has 3 rings (SSSR count). The zero-order valence-electron chi connectivity index (χ0n) is 13.0. The first-order valence-corrected chi connectivity index (χ1v) is 7.57. The molecule has 1 N–H and O–H groups in total. The van der Waals surface area contributed by atoms with E-state index in [1.54, 1.807) is 18.3 Å². The summed E-state index contributed by atoms with van der Waals surface area (Å²) in [4.78, 5) is 29.2. The summed E-state index contributed by atoms with van der Waals surface area (Å²) in [6.07, 6.45) is 3.03. The van der Waals surface area contributed by atoms with Gasteiger partial charge in [0.05, 0.1) is 29.7 Å². The number of ether oxygens (including phenoxy) is 1. The number of aromatic nitrogens is 1. The lowest BCUT2D eigenvalue weighted by molar-refractivity contribution is 0.102. The minimum Gasteiger partial charge on any atom is -0.444 e.